The molecular weight excluding hydrogens is 264 g/mol. The van der Waals surface area contributed by atoms with Gasteiger partial charge in [-0.15, -0.1) is 11.8 Å². The zero-order valence-electron chi connectivity index (χ0n) is 11.2. The fourth-order valence-electron chi connectivity index (χ4n) is 1.16. The zero-order chi connectivity index (χ0) is 14.5. The van der Waals surface area contributed by atoms with Crippen LogP contribution < -0.4 is 16.4 Å². The lowest BCUT2D eigenvalue weighted by atomic mass is 10.1. The number of urea groups is 1. The number of pyridine rings is 1. The second-order valence-corrected chi connectivity index (χ2v) is 6.01. The third kappa shape index (κ3) is 6.66. The normalized spacial score (nSPS) is 10.9. The van der Waals surface area contributed by atoms with E-state index in [4.69, 9.17) is 5.73 Å². The Kier molecular flexibility index (Phi) is 5.17. The fourth-order valence-corrected chi connectivity index (χ4v) is 1.82. The standard InChI is InChI=1S/C12H18N4O2S/c1-12(2,3)16-11(18)15-10(17)7-19-8-4-5-9(13)14-6-8/h4-6H,7H2,1-3H3,(H2,13,14)(H2,15,16,17,18). The molecule has 6 nitrogen and oxygen atoms in total. The maximum atomic E-state index is 11.5. The van der Waals surface area contributed by atoms with Crippen LogP contribution in [0.15, 0.2) is 23.2 Å². The van der Waals surface area contributed by atoms with Crippen molar-refractivity contribution in [1.29, 1.82) is 0 Å². The van der Waals surface area contributed by atoms with E-state index < -0.39 is 6.03 Å². The van der Waals surface area contributed by atoms with Gasteiger partial charge in [0.2, 0.25) is 5.91 Å². The van der Waals surface area contributed by atoms with Crippen molar-refractivity contribution in [2.75, 3.05) is 11.5 Å². The van der Waals surface area contributed by atoms with Gasteiger partial charge in [-0.3, -0.25) is 10.1 Å². The number of nitrogen functional groups attached to an aromatic ring is 1. The SMILES string of the molecule is CC(C)(C)NC(=O)NC(=O)CSc1ccc(N)nc1. The maximum absolute atomic E-state index is 11.5. The second kappa shape index (κ2) is 6.42. The monoisotopic (exact) mass is 282 g/mol. The molecule has 0 atom stereocenters. The first-order valence-electron chi connectivity index (χ1n) is 5.72. The number of aromatic nitrogens is 1. The number of imide groups is 1. The number of thioether (sulfide) groups is 1. The minimum Gasteiger partial charge on any atom is -0.384 e. The Bertz CT molecular complexity index is 454. The van der Waals surface area contributed by atoms with E-state index in [1.54, 1.807) is 18.3 Å². The van der Waals surface area contributed by atoms with E-state index in [-0.39, 0.29) is 17.2 Å². The van der Waals surface area contributed by atoms with E-state index in [1.165, 1.54) is 11.8 Å². The predicted molar refractivity (Wildman–Crippen MR) is 75.8 cm³/mol. The van der Waals surface area contributed by atoms with Crippen LogP contribution >= 0.6 is 11.8 Å². The second-order valence-electron chi connectivity index (χ2n) is 4.96. The van der Waals surface area contributed by atoms with Gasteiger partial charge in [-0.05, 0) is 32.9 Å². The summed E-state index contributed by atoms with van der Waals surface area (Å²) in [6, 6.07) is 2.94. The molecule has 0 bridgehead atoms. The third-order valence-corrected chi connectivity index (χ3v) is 2.85. The average molecular weight is 282 g/mol. The maximum Gasteiger partial charge on any atom is 0.321 e. The van der Waals surface area contributed by atoms with Crippen LogP contribution in [-0.2, 0) is 4.79 Å². The highest BCUT2D eigenvalue weighted by atomic mass is 32.2. The number of hydrogen-bond donors (Lipinski definition) is 3. The van der Waals surface area contributed by atoms with Crippen LogP contribution in [-0.4, -0.2) is 28.2 Å². The predicted octanol–water partition coefficient (Wildman–Crippen LogP) is 1.38. The third-order valence-electron chi connectivity index (χ3n) is 1.87. The molecule has 0 saturated heterocycles. The number of rotatable bonds is 3. The lowest BCUT2D eigenvalue weighted by Gasteiger charge is -2.20. The summed E-state index contributed by atoms with van der Waals surface area (Å²) in [7, 11) is 0. The topological polar surface area (TPSA) is 97.1 Å². The molecule has 1 aromatic heterocycles. The molecule has 1 aromatic rings. The molecule has 0 radical (unpaired) electrons. The Morgan fingerprint density at radius 1 is 1.37 bits per heavy atom. The first-order chi connectivity index (χ1) is 8.76. The zero-order valence-corrected chi connectivity index (χ0v) is 12.0. The summed E-state index contributed by atoms with van der Waals surface area (Å²) in [5.74, 6) is 0.213. The Hall–Kier alpha value is -1.76. The van der Waals surface area contributed by atoms with Crippen molar-refractivity contribution >= 4 is 29.5 Å². The van der Waals surface area contributed by atoms with Crippen molar-refractivity contribution in [1.82, 2.24) is 15.6 Å². The highest BCUT2D eigenvalue weighted by Crippen LogP contribution is 2.16. The summed E-state index contributed by atoms with van der Waals surface area (Å²) in [5.41, 5.74) is 5.08. The minimum atomic E-state index is -0.492. The summed E-state index contributed by atoms with van der Waals surface area (Å²) in [5, 5.41) is 4.91. The molecule has 0 unspecified atom stereocenters. The minimum absolute atomic E-state index is 0.142. The molecule has 0 aliphatic rings. The van der Waals surface area contributed by atoms with Gasteiger partial charge in [-0.2, -0.15) is 0 Å². The van der Waals surface area contributed by atoms with Crippen molar-refractivity contribution < 1.29 is 9.59 Å². The van der Waals surface area contributed by atoms with Crippen LogP contribution in [0.5, 0.6) is 0 Å². The molecule has 0 fully saturated rings. The van der Waals surface area contributed by atoms with E-state index in [0.29, 0.717) is 5.82 Å². The lowest BCUT2D eigenvalue weighted by molar-refractivity contribution is -0.117. The summed E-state index contributed by atoms with van der Waals surface area (Å²) in [6.07, 6.45) is 1.59. The number of amides is 3. The van der Waals surface area contributed by atoms with Crippen molar-refractivity contribution in [3.63, 3.8) is 0 Å². The number of carbonyl (C=O) groups is 2. The molecule has 4 N–H and O–H groups in total. The number of hydrogen-bond acceptors (Lipinski definition) is 5. The number of nitrogens with two attached hydrogens (primary N) is 1. The first kappa shape index (κ1) is 15.3. The Morgan fingerprint density at radius 2 is 2.05 bits per heavy atom. The fraction of sp³-hybridized carbons (Fsp3) is 0.417. The van der Waals surface area contributed by atoms with Gasteiger partial charge < -0.3 is 11.1 Å². The molecule has 1 rings (SSSR count). The largest absolute Gasteiger partial charge is 0.384 e. The summed E-state index contributed by atoms with van der Waals surface area (Å²) >= 11 is 1.29. The van der Waals surface area contributed by atoms with Crippen molar-refractivity contribution in [2.45, 2.75) is 31.2 Å². The van der Waals surface area contributed by atoms with Gasteiger partial charge in [-0.1, -0.05) is 0 Å². The van der Waals surface area contributed by atoms with Gasteiger partial charge in [0.05, 0.1) is 5.75 Å². The van der Waals surface area contributed by atoms with Gasteiger partial charge in [0.25, 0.3) is 0 Å². The Labute approximate surface area is 116 Å². The van der Waals surface area contributed by atoms with Crippen LogP contribution in [0.3, 0.4) is 0 Å². The van der Waals surface area contributed by atoms with Gasteiger partial charge >= 0.3 is 6.03 Å². The molecule has 7 heteroatoms. The molecule has 0 aromatic carbocycles. The molecule has 0 aliphatic carbocycles. The highest BCUT2D eigenvalue weighted by Gasteiger charge is 2.15. The van der Waals surface area contributed by atoms with Crippen LogP contribution in [0.1, 0.15) is 20.8 Å². The Morgan fingerprint density at radius 3 is 2.58 bits per heavy atom. The summed E-state index contributed by atoms with van der Waals surface area (Å²) in [6.45, 7) is 5.52. The quantitative estimate of drug-likeness (QED) is 0.728. The van der Waals surface area contributed by atoms with Crippen LogP contribution in [0.25, 0.3) is 0 Å². The molecule has 0 spiro atoms. The smallest absolute Gasteiger partial charge is 0.321 e. The molecule has 1 heterocycles. The average Bonchev–Trinajstić information content (AvgIpc) is 2.25. The summed E-state index contributed by atoms with van der Waals surface area (Å²) in [4.78, 5) is 27.7. The van der Waals surface area contributed by atoms with Crippen LogP contribution in [0.2, 0.25) is 0 Å². The molecule has 19 heavy (non-hydrogen) atoms. The van der Waals surface area contributed by atoms with Crippen molar-refractivity contribution in [2.24, 2.45) is 0 Å². The number of nitrogens with zero attached hydrogens (tertiary/aromatic N) is 1. The summed E-state index contributed by atoms with van der Waals surface area (Å²) < 4.78 is 0. The van der Waals surface area contributed by atoms with E-state index in [1.807, 2.05) is 20.8 Å². The molecule has 0 saturated carbocycles. The highest BCUT2D eigenvalue weighted by molar-refractivity contribution is 8.00. The van der Waals surface area contributed by atoms with Crippen molar-refractivity contribution in [3.8, 4) is 0 Å². The molecular formula is C12H18N4O2S. The van der Waals surface area contributed by atoms with Gasteiger partial charge in [0.1, 0.15) is 5.82 Å². The van der Waals surface area contributed by atoms with E-state index in [2.05, 4.69) is 15.6 Å². The molecule has 0 aliphatic heterocycles. The van der Waals surface area contributed by atoms with Crippen LogP contribution in [0.4, 0.5) is 10.6 Å². The van der Waals surface area contributed by atoms with E-state index in [9.17, 15) is 9.59 Å². The van der Waals surface area contributed by atoms with Gasteiger partial charge in [0.15, 0.2) is 0 Å². The van der Waals surface area contributed by atoms with Crippen LogP contribution in [0, 0.1) is 0 Å². The lowest BCUT2D eigenvalue weighted by Crippen LogP contribution is -2.48. The Balaban J connectivity index is 2.36. The molecule has 104 valence electrons. The number of anilines is 1. The van der Waals surface area contributed by atoms with Gasteiger partial charge in [0, 0.05) is 16.6 Å². The van der Waals surface area contributed by atoms with E-state index >= 15 is 0 Å². The molecule has 3 amide bonds. The van der Waals surface area contributed by atoms with Gasteiger partial charge in [-0.25, -0.2) is 9.78 Å². The van der Waals surface area contributed by atoms with E-state index in [0.717, 1.165) is 4.90 Å². The number of nitrogens with one attached hydrogen (secondary N) is 2. The first-order valence-corrected chi connectivity index (χ1v) is 6.71. The van der Waals surface area contributed by atoms with Crippen molar-refractivity contribution in [3.05, 3.63) is 18.3 Å². The number of carbonyl (C=O) groups excluding carboxylic acids is 2.